The number of benzene rings is 1. The molecule has 1 N–H and O–H groups in total. The molecule has 0 aliphatic rings. The third-order valence-electron chi connectivity index (χ3n) is 2.97. The number of carbonyl (C=O) groups is 1. The zero-order valence-electron chi connectivity index (χ0n) is 10.5. The molecule has 0 unspecified atom stereocenters. The van der Waals surface area contributed by atoms with Crippen molar-refractivity contribution in [3.63, 3.8) is 0 Å². The van der Waals surface area contributed by atoms with Crippen molar-refractivity contribution in [2.24, 2.45) is 0 Å². The number of aliphatic carboxylic acids is 1. The first-order valence-corrected chi connectivity index (χ1v) is 6.02. The summed E-state index contributed by atoms with van der Waals surface area (Å²) < 4.78 is 1.27. The van der Waals surface area contributed by atoms with Crippen molar-refractivity contribution in [2.75, 3.05) is 0 Å². The maximum absolute atomic E-state index is 11.3. The van der Waals surface area contributed by atoms with Gasteiger partial charge in [-0.05, 0) is 28.3 Å². The number of nitro groups is 1. The fourth-order valence-corrected chi connectivity index (χ4v) is 1.94. The Balaban J connectivity index is 2.10. The van der Waals surface area contributed by atoms with Crippen molar-refractivity contribution in [1.29, 1.82) is 0 Å². The van der Waals surface area contributed by atoms with Crippen LogP contribution in [0.15, 0.2) is 42.9 Å². The average molecular weight is 275 g/mol. The number of hydrogen-bond acceptors (Lipinski definition) is 4. The SMILES string of the molecule is O=C(O)[C@H](CCc1ccccc1)n1cnc([N+](=O)[O-])c1. The first kappa shape index (κ1) is 13.7. The lowest BCUT2D eigenvalue weighted by Crippen LogP contribution is -2.18. The van der Waals surface area contributed by atoms with Crippen LogP contribution < -0.4 is 0 Å². The summed E-state index contributed by atoms with van der Waals surface area (Å²) in [6.45, 7) is 0. The number of hydrogen-bond donors (Lipinski definition) is 1. The van der Waals surface area contributed by atoms with E-state index in [0.29, 0.717) is 12.8 Å². The second-order valence-electron chi connectivity index (χ2n) is 4.31. The highest BCUT2D eigenvalue weighted by atomic mass is 16.6. The van der Waals surface area contributed by atoms with Crippen LogP contribution in [0.3, 0.4) is 0 Å². The molecule has 0 fully saturated rings. The number of aryl methyl sites for hydroxylation is 1. The first-order chi connectivity index (χ1) is 9.58. The molecule has 1 atom stereocenters. The number of rotatable bonds is 6. The van der Waals surface area contributed by atoms with E-state index in [-0.39, 0.29) is 5.82 Å². The summed E-state index contributed by atoms with van der Waals surface area (Å²) in [4.78, 5) is 24.8. The third-order valence-corrected chi connectivity index (χ3v) is 2.97. The summed E-state index contributed by atoms with van der Waals surface area (Å²) in [5.74, 6) is -1.39. The molecule has 104 valence electrons. The molecule has 1 heterocycles. The molecule has 0 aliphatic carbocycles. The predicted molar refractivity (Wildman–Crippen MR) is 70.3 cm³/mol. The maximum Gasteiger partial charge on any atom is 0.381 e. The van der Waals surface area contributed by atoms with Crippen LogP contribution in [0.4, 0.5) is 5.82 Å². The largest absolute Gasteiger partial charge is 0.480 e. The highest BCUT2D eigenvalue weighted by molar-refractivity contribution is 5.71. The van der Waals surface area contributed by atoms with Crippen LogP contribution in [-0.2, 0) is 11.2 Å². The highest BCUT2D eigenvalue weighted by Gasteiger charge is 2.22. The summed E-state index contributed by atoms with van der Waals surface area (Å²) in [5, 5.41) is 19.8. The monoisotopic (exact) mass is 275 g/mol. The zero-order chi connectivity index (χ0) is 14.5. The first-order valence-electron chi connectivity index (χ1n) is 6.02. The van der Waals surface area contributed by atoms with Gasteiger partial charge in [0, 0.05) is 0 Å². The minimum atomic E-state index is -1.03. The Morgan fingerprint density at radius 1 is 1.40 bits per heavy atom. The van der Waals surface area contributed by atoms with E-state index in [9.17, 15) is 20.0 Å². The molecule has 0 aliphatic heterocycles. The van der Waals surface area contributed by atoms with Gasteiger partial charge >= 0.3 is 11.8 Å². The summed E-state index contributed by atoms with van der Waals surface area (Å²) >= 11 is 0. The van der Waals surface area contributed by atoms with Crippen LogP contribution in [-0.4, -0.2) is 25.6 Å². The Morgan fingerprint density at radius 3 is 2.65 bits per heavy atom. The minimum absolute atomic E-state index is 0.340. The van der Waals surface area contributed by atoms with Crippen LogP contribution >= 0.6 is 0 Å². The van der Waals surface area contributed by atoms with Gasteiger partial charge in [-0.15, -0.1) is 0 Å². The molecule has 2 rings (SSSR count). The van der Waals surface area contributed by atoms with E-state index in [1.165, 1.54) is 10.9 Å². The van der Waals surface area contributed by atoms with Gasteiger partial charge in [0.25, 0.3) is 0 Å². The number of aromatic nitrogens is 2. The zero-order valence-corrected chi connectivity index (χ0v) is 10.5. The fraction of sp³-hybridized carbons (Fsp3) is 0.231. The number of carboxylic acids is 1. The van der Waals surface area contributed by atoms with Gasteiger partial charge in [0.05, 0.1) is 0 Å². The summed E-state index contributed by atoms with van der Waals surface area (Å²) in [7, 11) is 0. The Kier molecular flexibility index (Phi) is 4.09. The van der Waals surface area contributed by atoms with Gasteiger partial charge in [0.2, 0.25) is 6.33 Å². The van der Waals surface area contributed by atoms with Crippen LogP contribution in [0.1, 0.15) is 18.0 Å². The molecule has 0 radical (unpaired) electrons. The van der Waals surface area contributed by atoms with Crippen molar-refractivity contribution >= 4 is 11.8 Å². The van der Waals surface area contributed by atoms with E-state index in [1.807, 2.05) is 30.3 Å². The second kappa shape index (κ2) is 5.96. The molecule has 0 saturated carbocycles. The lowest BCUT2D eigenvalue weighted by atomic mass is 10.1. The molecular weight excluding hydrogens is 262 g/mol. The Bertz CT molecular complexity index is 609. The molecule has 7 nitrogen and oxygen atoms in total. The Hall–Kier alpha value is -2.70. The predicted octanol–water partition coefficient (Wildman–Crippen LogP) is 2.05. The Labute approximate surface area is 114 Å². The van der Waals surface area contributed by atoms with Gasteiger partial charge in [-0.2, -0.15) is 0 Å². The second-order valence-corrected chi connectivity index (χ2v) is 4.31. The normalized spacial score (nSPS) is 12.0. The maximum atomic E-state index is 11.3. The van der Waals surface area contributed by atoms with E-state index in [4.69, 9.17) is 0 Å². The summed E-state index contributed by atoms with van der Waals surface area (Å²) in [5.41, 5.74) is 1.02. The number of imidazole rings is 1. The quantitative estimate of drug-likeness (QED) is 0.642. The standard InChI is InChI=1S/C13H13N3O4/c17-13(18)11(7-6-10-4-2-1-3-5-10)15-8-12(14-9-15)16(19)20/h1-5,8-9,11H,6-7H2,(H,17,18)/t11-/m0/s1. The minimum Gasteiger partial charge on any atom is -0.480 e. The van der Waals surface area contributed by atoms with Crippen LogP contribution in [0.25, 0.3) is 0 Å². The van der Waals surface area contributed by atoms with Crippen molar-refractivity contribution in [3.8, 4) is 0 Å². The number of nitrogens with zero attached hydrogens (tertiary/aromatic N) is 3. The van der Waals surface area contributed by atoms with E-state index >= 15 is 0 Å². The van der Waals surface area contributed by atoms with E-state index in [1.54, 1.807) is 0 Å². The van der Waals surface area contributed by atoms with Crippen molar-refractivity contribution < 1.29 is 14.8 Å². The summed E-state index contributed by atoms with van der Waals surface area (Å²) in [6, 6.07) is 8.61. The van der Waals surface area contributed by atoms with Gasteiger partial charge in [0.15, 0.2) is 0 Å². The van der Waals surface area contributed by atoms with Crippen molar-refractivity contribution in [2.45, 2.75) is 18.9 Å². The molecule has 0 spiro atoms. The van der Waals surface area contributed by atoms with Crippen molar-refractivity contribution in [1.82, 2.24) is 9.55 Å². The van der Waals surface area contributed by atoms with Gasteiger partial charge in [-0.25, -0.2) is 4.79 Å². The van der Waals surface area contributed by atoms with Crippen LogP contribution in [0, 0.1) is 10.1 Å². The van der Waals surface area contributed by atoms with Crippen LogP contribution in [0.2, 0.25) is 0 Å². The van der Waals surface area contributed by atoms with Gasteiger partial charge in [-0.1, -0.05) is 30.3 Å². The molecule has 2 aromatic rings. The molecule has 0 bridgehead atoms. The topological polar surface area (TPSA) is 98.3 Å². The molecule has 7 heteroatoms. The molecule has 1 aromatic carbocycles. The molecule has 1 aromatic heterocycles. The van der Waals surface area contributed by atoms with Gasteiger partial charge in [-0.3, -0.25) is 4.57 Å². The summed E-state index contributed by atoms with van der Waals surface area (Å²) in [6.07, 6.45) is 3.24. The molecular formula is C13H13N3O4. The lowest BCUT2D eigenvalue weighted by Gasteiger charge is -2.12. The van der Waals surface area contributed by atoms with Gasteiger partial charge in [0.1, 0.15) is 12.2 Å². The molecule has 0 amide bonds. The highest BCUT2D eigenvalue weighted by Crippen LogP contribution is 2.18. The van der Waals surface area contributed by atoms with Crippen LogP contribution in [0.5, 0.6) is 0 Å². The van der Waals surface area contributed by atoms with E-state index in [2.05, 4.69) is 4.98 Å². The fourth-order valence-electron chi connectivity index (χ4n) is 1.94. The smallest absolute Gasteiger partial charge is 0.381 e. The van der Waals surface area contributed by atoms with E-state index in [0.717, 1.165) is 11.8 Å². The molecule has 20 heavy (non-hydrogen) atoms. The number of carboxylic acid groups (broad SMARTS) is 1. The van der Waals surface area contributed by atoms with Crippen molar-refractivity contribution in [3.05, 3.63) is 58.5 Å². The van der Waals surface area contributed by atoms with E-state index < -0.39 is 16.9 Å². The average Bonchev–Trinajstić information content (AvgIpc) is 2.89. The Morgan fingerprint density at radius 2 is 2.10 bits per heavy atom. The van der Waals surface area contributed by atoms with Gasteiger partial charge < -0.3 is 15.2 Å². The lowest BCUT2D eigenvalue weighted by molar-refractivity contribution is -0.389. The third kappa shape index (κ3) is 3.19. The molecule has 0 saturated heterocycles.